The van der Waals surface area contributed by atoms with E-state index in [-0.39, 0.29) is 17.2 Å². The van der Waals surface area contributed by atoms with Crippen LogP contribution in [-0.2, 0) is 16.1 Å². The van der Waals surface area contributed by atoms with Crippen LogP contribution in [0.5, 0.6) is 0 Å². The van der Waals surface area contributed by atoms with Crippen LogP contribution >= 0.6 is 11.8 Å². The zero-order chi connectivity index (χ0) is 15.3. The van der Waals surface area contributed by atoms with Crippen LogP contribution in [0.3, 0.4) is 0 Å². The average molecular weight is 311 g/mol. The number of benzene rings is 1. The summed E-state index contributed by atoms with van der Waals surface area (Å²) in [5.74, 6) is 0.518. The van der Waals surface area contributed by atoms with Gasteiger partial charge in [0.1, 0.15) is 5.82 Å². The molecule has 116 valence electrons. The van der Waals surface area contributed by atoms with Crippen LogP contribution in [0.1, 0.15) is 31.7 Å². The van der Waals surface area contributed by atoms with Gasteiger partial charge in [-0.1, -0.05) is 13.0 Å². The maximum absolute atomic E-state index is 13.9. The molecule has 0 radical (unpaired) electrons. The van der Waals surface area contributed by atoms with Crippen LogP contribution in [0.25, 0.3) is 0 Å². The molecule has 0 atom stereocenters. The Kier molecular flexibility index (Phi) is 5.65. The lowest BCUT2D eigenvalue weighted by molar-refractivity contribution is -0.141. The predicted molar refractivity (Wildman–Crippen MR) is 82.8 cm³/mol. The Morgan fingerprint density at radius 2 is 2.24 bits per heavy atom. The lowest BCUT2D eigenvalue weighted by Crippen LogP contribution is -2.15. The maximum atomic E-state index is 13.9. The van der Waals surface area contributed by atoms with Crippen LogP contribution in [0, 0.1) is 11.2 Å². The molecular weight excluding hydrogens is 289 g/mol. The summed E-state index contributed by atoms with van der Waals surface area (Å²) >= 11 is 1.65. The SMILES string of the molecule is CCNCc1c(F)cccc1SCC1(CC(=O)OC)CC1. The van der Waals surface area contributed by atoms with Gasteiger partial charge < -0.3 is 10.1 Å². The van der Waals surface area contributed by atoms with E-state index in [0.717, 1.165) is 35.6 Å². The molecule has 0 heterocycles. The van der Waals surface area contributed by atoms with Crippen molar-refractivity contribution in [3.8, 4) is 0 Å². The summed E-state index contributed by atoms with van der Waals surface area (Å²) in [6.07, 6.45) is 2.56. The van der Waals surface area contributed by atoms with E-state index in [1.165, 1.54) is 13.2 Å². The van der Waals surface area contributed by atoms with Crippen molar-refractivity contribution >= 4 is 17.7 Å². The van der Waals surface area contributed by atoms with Crippen molar-refractivity contribution in [3.63, 3.8) is 0 Å². The number of rotatable bonds is 8. The first kappa shape index (κ1) is 16.3. The lowest BCUT2D eigenvalue weighted by atomic mass is 10.1. The van der Waals surface area contributed by atoms with Crippen molar-refractivity contribution in [2.45, 2.75) is 37.6 Å². The number of hydrogen-bond donors (Lipinski definition) is 1. The van der Waals surface area contributed by atoms with E-state index < -0.39 is 0 Å². The summed E-state index contributed by atoms with van der Waals surface area (Å²) in [6, 6.07) is 5.19. The fourth-order valence-corrected chi connectivity index (χ4v) is 3.62. The quantitative estimate of drug-likeness (QED) is 0.590. The third-order valence-corrected chi connectivity index (χ3v) is 5.32. The van der Waals surface area contributed by atoms with E-state index in [2.05, 4.69) is 5.32 Å². The van der Waals surface area contributed by atoms with Crippen molar-refractivity contribution in [2.24, 2.45) is 5.41 Å². The van der Waals surface area contributed by atoms with Crippen molar-refractivity contribution in [3.05, 3.63) is 29.6 Å². The second kappa shape index (κ2) is 7.27. The fourth-order valence-electron chi connectivity index (χ4n) is 2.25. The Morgan fingerprint density at radius 3 is 2.86 bits per heavy atom. The van der Waals surface area contributed by atoms with Gasteiger partial charge in [-0.15, -0.1) is 11.8 Å². The highest BCUT2D eigenvalue weighted by Gasteiger charge is 2.44. The smallest absolute Gasteiger partial charge is 0.306 e. The summed E-state index contributed by atoms with van der Waals surface area (Å²) in [6.45, 7) is 3.35. The molecule has 1 aliphatic rings. The monoisotopic (exact) mass is 311 g/mol. The summed E-state index contributed by atoms with van der Waals surface area (Å²) in [5, 5.41) is 3.17. The van der Waals surface area contributed by atoms with E-state index in [0.29, 0.717) is 13.0 Å². The highest BCUT2D eigenvalue weighted by atomic mass is 32.2. The number of hydrogen-bond acceptors (Lipinski definition) is 4. The predicted octanol–water partition coefficient (Wildman–Crippen LogP) is 3.37. The molecule has 0 aliphatic heterocycles. The molecule has 0 amide bonds. The van der Waals surface area contributed by atoms with Gasteiger partial charge in [0.25, 0.3) is 0 Å². The third kappa shape index (κ3) is 4.45. The molecule has 1 aliphatic carbocycles. The third-order valence-electron chi connectivity index (χ3n) is 3.87. The van der Waals surface area contributed by atoms with Gasteiger partial charge in [-0.3, -0.25) is 4.79 Å². The minimum Gasteiger partial charge on any atom is -0.469 e. The molecule has 1 N–H and O–H groups in total. The summed E-state index contributed by atoms with van der Waals surface area (Å²) < 4.78 is 18.7. The van der Waals surface area contributed by atoms with E-state index in [1.807, 2.05) is 13.0 Å². The Bertz CT molecular complexity index is 503. The molecular formula is C16H22FNO2S. The summed E-state index contributed by atoms with van der Waals surface area (Å²) in [5.41, 5.74) is 0.776. The normalized spacial score (nSPS) is 15.8. The molecule has 1 fully saturated rings. The minimum absolute atomic E-state index is 0.0551. The topological polar surface area (TPSA) is 38.3 Å². The van der Waals surface area contributed by atoms with Crippen LogP contribution in [0.2, 0.25) is 0 Å². The Hall–Kier alpha value is -1.07. The van der Waals surface area contributed by atoms with Crippen molar-refractivity contribution in [2.75, 3.05) is 19.4 Å². The van der Waals surface area contributed by atoms with E-state index in [9.17, 15) is 9.18 Å². The van der Waals surface area contributed by atoms with Crippen molar-refractivity contribution in [1.29, 1.82) is 0 Å². The van der Waals surface area contributed by atoms with Crippen LogP contribution in [0.4, 0.5) is 4.39 Å². The van der Waals surface area contributed by atoms with Crippen molar-refractivity contribution in [1.82, 2.24) is 5.32 Å². The second-order valence-electron chi connectivity index (χ2n) is 5.54. The van der Waals surface area contributed by atoms with Crippen LogP contribution < -0.4 is 5.32 Å². The number of methoxy groups -OCH3 is 1. The first-order valence-electron chi connectivity index (χ1n) is 7.28. The number of esters is 1. The average Bonchev–Trinajstić information content (AvgIpc) is 3.24. The van der Waals surface area contributed by atoms with Gasteiger partial charge in [0.05, 0.1) is 13.5 Å². The van der Waals surface area contributed by atoms with Gasteiger partial charge in [-0.2, -0.15) is 0 Å². The van der Waals surface area contributed by atoms with Gasteiger partial charge in [0, 0.05) is 22.8 Å². The van der Waals surface area contributed by atoms with Crippen LogP contribution in [-0.4, -0.2) is 25.4 Å². The lowest BCUT2D eigenvalue weighted by Gasteiger charge is -2.15. The second-order valence-corrected chi connectivity index (χ2v) is 6.56. The van der Waals surface area contributed by atoms with Crippen LogP contribution in [0.15, 0.2) is 23.1 Å². The summed E-state index contributed by atoms with van der Waals surface area (Å²) in [4.78, 5) is 12.4. The molecule has 3 nitrogen and oxygen atoms in total. The first-order chi connectivity index (χ1) is 10.1. The van der Waals surface area contributed by atoms with E-state index in [4.69, 9.17) is 4.74 Å². The minimum atomic E-state index is -0.168. The zero-order valence-corrected chi connectivity index (χ0v) is 13.4. The number of thioether (sulfide) groups is 1. The van der Waals surface area contributed by atoms with Gasteiger partial charge >= 0.3 is 5.97 Å². The van der Waals surface area contributed by atoms with Gasteiger partial charge in [0.2, 0.25) is 0 Å². The van der Waals surface area contributed by atoms with Gasteiger partial charge in [-0.25, -0.2) is 4.39 Å². The van der Waals surface area contributed by atoms with Gasteiger partial charge in [0.15, 0.2) is 0 Å². The van der Waals surface area contributed by atoms with Crippen molar-refractivity contribution < 1.29 is 13.9 Å². The highest BCUT2D eigenvalue weighted by Crippen LogP contribution is 2.52. The Morgan fingerprint density at radius 1 is 1.48 bits per heavy atom. The molecule has 1 aromatic rings. The molecule has 0 spiro atoms. The number of ether oxygens (including phenoxy) is 1. The zero-order valence-electron chi connectivity index (χ0n) is 12.6. The number of carbonyl (C=O) groups is 1. The molecule has 1 aromatic carbocycles. The first-order valence-corrected chi connectivity index (χ1v) is 8.26. The standard InChI is InChI=1S/C16H22FNO2S/c1-3-18-10-12-13(17)5-4-6-14(12)21-11-16(7-8-16)9-15(19)20-2/h4-6,18H,3,7-11H2,1-2H3. The molecule has 0 saturated heterocycles. The van der Waals surface area contributed by atoms with E-state index in [1.54, 1.807) is 17.8 Å². The number of halogens is 1. The summed E-state index contributed by atoms with van der Waals surface area (Å²) in [7, 11) is 1.42. The fraction of sp³-hybridized carbons (Fsp3) is 0.562. The molecule has 0 aromatic heterocycles. The molecule has 5 heteroatoms. The molecule has 2 rings (SSSR count). The Labute approximate surface area is 129 Å². The Balaban J connectivity index is 2.00. The number of carbonyl (C=O) groups excluding carboxylic acids is 1. The molecule has 0 bridgehead atoms. The van der Waals surface area contributed by atoms with Gasteiger partial charge in [-0.05, 0) is 36.9 Å². The van der Waals surface area contributed by atoms with E-state index >= 15 is 0 Å². The maximum Gasteiger partial charge on any atom is 0.306 e. The number of nitrogens with one attached hydrogen (secondary N) is 1. The largest absolute Gasteiger partial charge is 0.469 e. The molecule has 1 saturated carbocycles. The molecule has 0 unspecified atom stereocenters. The molecule has 21 heavy (non-hydrogen) atoms. The highest BCUT2D eigenvalue weighted by molar-refractivity contribution is 7.99.